The summed E-state index contributed by atoms with van der Waals surface area (Å²) in [5.74, 6) is 0.651. The van der Waals surface area contributed by atoms with Crippen LogP contribution < -0.4 is 4.74 Å². The van der Waals surface area contributed by atoms with E-state index in [1.165, 1.54) is 0 Å². The van der Waals surface area contributed by atoms with Crippen LogP contribution in [0.3, 0.4) is 0 Å². The minimum absolute atomic E-state index is 0.651. The molecule has 0 N–H and O–H groups in total. The van der Waals surface area contributed by atoms with Crippen molar-refractivity contribution in [2.75, 3.05) is 7.11 Å². The fourth-order valence-electron chi connectivity index (χ4n) is 1.25. The molecule has 0 bridgehead atoms. The SMILES string of the molecule is COc1ccc2cc(Br)cc(I)c2n1. The molecular formula is C10H7BrINO. The summed E-state index contributed by atoms with van der Waals surface area (Å²) < 4.78 is 7.27. The third kappa shape index (κ3) is 1.86. The average molecular weight is 364 g/mol. The number of aromatic nitrogens is 1. The molecule has 2 aromatic rings. The Morgan fingerprint density at radius 2 is 2.14 bits per heavy atom. The van der Waals surface area contributed by atoms with E-state index in [1.54, 1.807) is 7.11 Å². The molecule has 0 saturated carbocycles. The van der Waals surface area contributed by atoms with Gasteiger partial charge in [0.1, 0.15) is 0 Å². The number of hydrogen-bond acceptors (Lipinski definition) is 2. The molecule has 0 aliphatic rings. The monoisotopic (exact) mass is 363 g/mol. The van der Waals surface area contributed by atoms with Gasteiger partial charge in [0.05, 0.1) is 12.6 Å². The van der Waals surface area contributed by atoms with Gasteiger partial charge in [0.2, 0.25) is 5.88 Å². The van der Waals surface area contributed by atoms with Crippen molar-refractivity contribution >= 4 is 49.4 Å². The minimum atomic E-state index is 0.651. The topological polar surface area (TPSA) is 22.1 Å². The van der Waals surface area contributed by atoms with E-state index in [4.69, 9.17) is 4.74 Å². The summed E-state index contributed by atoms with van der Waals surface area (Å²) in [6.07, 6.45) is 0. The van der Waals surface area contributed by atoms with Gasteiger partial charge >= 0.3 is 0 Å². The molecule has 0 spiro atoms. The summed E-state index contributed by atoms with van der Waals surface area (Å²) >= 11 is 5.72. The van der Waals surface area contributed by atoms with Gasteiger partial charge in [0.15, 0.2) is 0 Å². The van der Waals surface area contributed by atoms with Crippen molar-refractivity contribution in [1.29, 1.82) is 0 Å². The van der Waals surface area contributed by atoms with Crippen LogP contribution in [0.2, 0.25) is 0 Å². The van der Waals surface area contributed by atoms with Crippen molar-refractivity contribution < 1.29 is 4.74 Å². The molecule has 72 valence electrons. The average Bonchev–Trinajstić information content (AvgIpc) is 2.17. The van der Waals surface area contributed by atoms with Crippen LogP contribution in [0.4, 0.5) is 0 Å². The second-order valence-electron chi connectivity index (χ2n) is 2.81. The Morgan fingerprint density at radius 3 is 2.86 bits per heavy atom. The first-order valence-corrected chi connectivity index (χ1v) is 5.87. The lowest BCUT2D eigenvalue weighted by Gasteiger charge is -2.03. The van der Waals surface area contributed by atoms with Gasteiger partial charge in [-0.2, -0.15) is 0 Å². The molecule has 0 aliphatic carbocycles. The number of ether oxygens (including phenoxy) is 1. The quantitative estimate of drug-likeness (QED) is 0.722. The third-order valence-electron chi connectivity index (χ3n) is 1.89. The van der Waals surface area contributed by atoms with Crippen LogP contribution in [-0.2, 0) is 0 Å². The van der Waals surface area contributed by atoms with Crippen molar-refractivity contribution in [2.45, 2.75) is 0 Å². The zero-order valence-electron chi connectivity index (χ0n) is 7.42. The smallest absolute Gasteiger partial charge is 0.213 e. The highest BCUT2D eigenvalue weighted by molar-refractivity contribution is 14.1. The normalized spacial score (nSPS) is 10.5. The van der Waals surface area contributed by atoms with Crippen LogP contribution in [0.1, 0.15) is 0 Å². The van der Waals surface area contributed by atoms with E-state index >= 15 is 0 Å². The fraction of sp³-hybridized carbons (Fsp3) is 0.100. The second-order valence-corrected chi connectivity index (χ2v) is 4.89. The second kappa shape index (κ2) is 4.02. The number of fused-ring (bicyclic) bond motifs is 1. The summed E-state index contributed by atoms with van der Waals surface area (Å²) in [6, 6.07) is 7.96. The fourth-order valence-corrected chi connectivity index (χ4v) is 2.92. The van der Waals surface area contributed by atoms with Gasteiger partial charge in [0, 0.05) is 19.5 Å². The van der Waals surface area contributed by atoms with E-state index in [2.05, 4.69) is 43.5 Å². The molecule has 1 heterocycles. The summed E-state index contributed by atoms with van der Waals surface area (Å²) in [7, 11) is 1.62. The third-order valence-corrected chi connectivity index (χ3v) is 3.17. The molecule has 0 unspecified atom stereocenters. The highest BCUT2D eigenvalue weighted by Crippen LogP contribution is 2.25. The first-order valence-electron chi connectivity index (χ1n) is 4.00. The molecule has 14 heavy (non-hydrogen) atoms. The Kier molecular flexibility index (Phi) is 2.92. The Bertz CT molecular complexity index is 487. The molecule has 2 nitrogen and oxygen atoms in total. The zero-order chi connectivity index (χ0) is 10.1. The summed E-state index contributed by atoms with van der Waals surface area (Å²) in [6.45, 7) is 0. The molecule has 0 radical (unpaired) electrons. The van der Waals surface area contributed by atoms with Crippen LogP contribution >= 0.6 is 38.5 Å². The van der Waals surface area contributed by atoms with Crippen LogP contribution in [0.5, 0.6) is 5.88 Å². The number of pyridine rings is 1. The van der Waals surface area contributed by atoms with Crippen molar-refractivity contribution in [3.8, 4) is 5.88 Å². The minimum Gasteiger partial charge on any atom is -0.481 e. The lowest BCUT2D eigenvalue weighted by molar-refractivity contribution is 0.399. The highest BCUT2D eigenvalue weighted by atomic mass is 127. The van der Waals surface area contributed by atoms with Crippen LogP contribution in [-0.4, -0.2) is 12.1 Å². The Labute approximate surface area is 104 Å². The van der Waals surface area contributed by atoms with Gasteiger partial charge in [-0.15, -0.1) is 0 Å². The summed E-state index contributed by atoms with van der Waals surface area (Å²) in [5.41, 5.74) is 0.980. The first-order chi connectivity index (χ1) is 6.70. The number of nitrogens with zero attached hydrogens (tertiary/aromatic N) is 1. The molecule has 0 saturated heterocycles. The van der Waals surface area contributed by atoms with Gasteiger partial charge in [0.25, 0.3) is 0 Å². The molecule has 0 aliphatic heterocycles. The number of hydrogen-bond donors (Lipinski definition) is 0. The highest BCUT2D eigenvalue weighted by Gasteiger charge is 2.03. The Morgan fingerprint density at radius 1 is 1.36 bits per heavy atom. The maximum atomic E-state index is 5.08. The molecule has 1 aromatic carbocycles. The van der Waals surface area contributed by atoms with Crippen LogP contribution in [0.25, 0.3) is 10.9 Å². The van der Waals surface area contributed by atoms with Gasteiger partial charge in [-0.1, -0.05) is 15.9 Å². The standard InChI is InChI=1S/C10H7BrINO/c1-14-9-3-2-6-4-7(11)5-8(12)10(6)13-9/h2-5H,1H3. The molecule has 2 rings (SSSR count). The van der Waals surface area contributed by atoms with E-state index in [-0.39, 0.29) is 0 Å². The molecule has 0 atom stereocenters. The first kappa shape index (κ1) is 10.2. The molecular weight excluding hydrogens is 357 g/mol. The van der Waals surface area contributed by atoms with Crippen LogP contribution in [0, 0.1) is 3.57 Å². The van der Waals surface area contributed by atoms with E-state index in [0.717, 1.165) is 18.9 Å². The van der Waals surface area contributed by atoms with Gasteiger partial charge in [-0.25, -0.2) is 4.98 Å². The van der Waals surface area contributed by atoms with Crippen molar-refractivity contribution in [3.05, 3.63) is 32.3 Å². The summed E-state index contributed by atoms with van der Waals surface area (Å²) in [5, 5.41) is 1.12. The zero-order valence-corrected chi connectivity index (χ0v) is 11.2. The maximum Gasteiger partial charge on any atom is 0.213 e. The molecule has 0 fully saturated rings. The van der Waals surface area contributed by atoms with Crippen molar-refractivity contribution in [2.24, 2.45) is 0 Å². The Hall–Kier alpha value is -0.360. The number of halogens is 2. The number of methoxy groups -OCH3 is 1. The number of rotatable bonds is 1. The van der Waals surface area contributed by atoms with Gasteiger partial charge in [-0.05, 0) is 40.8 Å². The largest absolute Gasteiger partial charge is 0.481 e. The van der Waals surface area contributed by atoms with E-state index in [0.29, 0.717) is 5.88 Å². The van der Waals surface area contributed by atoms with Crippen LogP contribution in [0.15, 0.2) is 28.7 Å². The predicted molar refractivity (Wildman–Crippen MR) is 68.7 cm³/mol. The molecule has 1 aromatic heterocycles. The van der Waals surface area contributed by atoms with Gasteiger partial charge in [-0.3, -0.25) is 0 Å². The van der Waals surface area contributed by atoms with Crippen molar-refractivity contribution in [3.63, 3.8) is 0 Å². The maximum absolute atomic E-state index is 5.08. The molecule has 4 heteroatoms. The van der Waals surface area contributed by atoms with E-state index in [1.807, 2.05) is 24.3 Å². The van der Waals surface area contributed by atoms with Crippen molar-refractivity contribution in [1.82, 2.24) is 4.98 Å². The summed E-state index contributed by atoms with van der Waals surface area (Å²) in [4.78, 5) is 4.38. The van der Waals surface area contributed by atoms with Gasteiger partial charge < -0.3 is 4.74 Å². The van der Waals surface area contributed by atoms with E-state index < -0.39 is 0 Å². The predicted octanol–water partition coefficient (Wildman–Crippen LogP) is 3.61. The Balaban J connectivity index is 2.75. The number of benzene rings is 1. The molecule has 0 amide bonds. The lowest BCUT2D eigenvalue weighted by atomic mass is 10.2. The van der Waals surface area contributed by atoms with E-state index in [9.17, 15) is 0 Å². The lowest BCUT2D eigenvalue weighted by Crippen LogP contribution is -1.89.